The fourth-order valence-corrected chi connectivity index (χ4v) is 1.16. The lowest BCUT2D eigenvalue weighted by Gasteiger charge is -2.30. The molecule has 0 aromatic carbocycles. The van der Waals surface area contributed by atoms with Gasteiger partial charge in [0.1, 0.15) is 6.10 Å². The predicted molar refractivity (Wildman–Crippen MR) is 38.8 cm³/mol. The zero-order valence-corrected chi connectivity index (χ0v) is 6.77. The van der Waals surface area contributed by atoms with E-state index >= 15 is 0 Å². The van der Waals surface area contributed by atoms with E-state index in [9.17, 15) is 9.90 Å². The zero-order valence-electron chi connectivity index (χ0n) is 6.77. The van der Waals surface area contributed by atoms with E-state index in [2.05, 4.69) is 0 Å². The van der Waals surface area contributed by atoms with Crippen molar-refractivity contribution in [2.24, 2.45) is 0 Å². The monoisotopic (exact) mass is 176 g/mol. The minimum absolute atomic E-state index is 0.0911. The summed E-state index contributed by atoms with van der Waals surface area (Å²) in [5, 5.41) is 17.9. The van der Waals surface area contributed by atoms with Crippen LogP contribution in [0.3, 0.4) is 0 Å². The maximum Gasteiger partial charge on any atom is 0.332 e. The van der Waals surface area contributed by atoms with Crippen molar-refractivity contribution in [2.75, 3.05) is 13.7 Å². The van der Waals surface area contributed by atoms with Gasteiger partial charge in [0.25, 0.3) is 0 Å². The van der Waals surface area contributed by atoms with E-state index in [1.165, 1.54) is 7.11 Å². The second-order valence-corrected chi connectivity index (χ2v) is 2.74. The van der Waals surface area contributed by atoms with E-state index in [1.807, 2.05) is 0 Å². The smallest absolute Gasteiger partial charge is 0.332 e. The Hall–Kier alpha value is -0.650. The van der Waals surface area contributed by atoms with Crippen LogP contribution in [0.5, 0.6) is 0 Å². The molecule has 0 spiro atoms. The quantitative estimate of drug-likeness (QED) is 0.578. The van der Waals surface area contributed by atoms with Gasteiger partial charge in [0.05, 0.1) is 12.7 Å². The van der Waals surface area contributed by atoms with Gasteiger partial charge in [0.15, 0.2) is 6.10 Å². The number of carboxylic acids is 1. The molecule has 2 unspecified atom stereocenters. The van der Waals surface area contributed by atoms with E-state index in [4.69, 9.17) is 14.6 Å². The van der Waals surface area contributed by atoms with Gasteiger partial charge in [-0.15, -0.1) is 0 Å². The Kier molecular flexibility index (Phi) is 3.02. The molecule has 2 N–H and O–H groups in total. The highest BCUT2D eigenvalue weighted by Crippen LogP contribution is 2.16. The molecule has 0 radical (unpaired) electrons. The maximum atomic E-state index is 10.4. The van der Waals surface area contributed by atoms with Gasteiger partial charge in [-0.3, -0.25) is 0 Å². The van der Waals surface area contributed by atoms with E-state index in [0.29, 0.717) is 0 Å². The van der Waals surface area contributed by atoms with Crippen LogP contribution in [-0.4, -0.2) is 48.2 Å². The first-order chi connectivity index (χ1) is 5.65. The lowest BCUT2D eigenvalue weighted by Crippen LogP contribution is -2.45. The molecule has 1 saturated heterocycles. The van der Waals surface area contributed by atoms with Gasteiger partial charge in [0, 0.05) is 13.5 Å². The lowest BCUT2D eigenvalue weighted by atomic mass is 10.0. The number of aliphatic hydroxyl groups excluding tert-OH is 1. The third-order valence-corrected chi connectivity index (χ3v) is 1.92. The summed E-state index contributed by atoms with van der Waals surface area (Å²) >= 11 is 0. The molecule has 1 aliphatic rings. The van der Waals surface area contributed by atoms with Crippen LogP contribution in [-0.2, 0) is 14.3 Å². The Morgan fingerprint density at radius 3 is 2.75 bits per heavy atom. The molecule has 0 saturated carbocycles. The summed E-state index contributed by atoms with van der Waals surface area (Å²) in [5.74, 6) is -1.04. The zero-order chi connectivity index (χ0) is 9.14. The topological polar surface area (TPSA) is 76.0 Å². The number of carbonyl (C=O) groups is 1. The van der Waals surface area contributed by atoms with Crippen molar-refractivity contribution in [1.29, 1.82) is 0 Å². The molecule has 1 fully saturated rings. The van der Waals surface area contributed by atoms with Gasteiger partial charge in [0.2, 0.25) is 0 Å². The maximum absolute atomic E-state index is 10.4. The summed E-state index contributed by atoms with van der Waals surface area (Å²) in [7, 11) is 1.46. The highest BCUT2D eigenvalue weighted by atomic mass is 16.6. The highest BCUT2D eigenvalue weighted by Gasteiger charge is 2.33. The Morgan fingerprint density at radius 2 is 2.33 bits per heavy atom. The fourth-order valence-electron chi connectivity index (χ4n) is 1.16. The van der Waals surface area contributed by atoms with E-state index in [0.717, 1.165) is 0 Å². The lowest BCUT2D eigenvalue weighted by molar-refractivity contribution is -0.172. The van der Waals surface area contributed by atoms with Crippen LogP contribution < -0.4 is 0 Å². The molecule has 0 aromatic rings. The normalized spacial score (nSPS) is 36.3. The van der Waals surface area contributed by atoms with Crippen LogP contribution in [0.25, 0.3) is 0 Å². The molecule has 5 heteroatoms. The minimum Gasteiger partial charge on any atom is -0.479 e. The van der Waals surface area contributed by atoms with E-state index < -0.39 is 24.3 Å². The molecule has 12 heavy (non-hydrogen) atoms. The number of carboxylic acid groups (broad SMARTS) is 1. The largest absolute Gasteiger partial charge is 0.479 e. The number of ether oxygens (including phenoxy) is 2. The van der Waals surface area contributed by atoms with Crippen molar-refractivity contribution in [1.82, 2.24) is 0 Å². The first-order valence-corrected chi connectivity index (χ1v) is 3.70. The molecule has 70 valence electrons. The standard InChI is InChI=1S/C7H12O5/c1-11-6-3-12-5(7(9)10)2-4(6)8/h4-6,8H,2-3H2,1H3,(H,9,10)/t4-,5?,6?/m1/s1. The molecule has 1 aliphatic heterocycles. The Bertz CT molecular complexity index is 169. The molecule has 0 bridgehead atoms. The van der Waals surface area contributed by atoms with Crippen LogP contribution in [0.1, 0.15) is 6.42 Å². The van der Waals surface area contributed by atoms with Crippen molar-refractivity contribution in [3.63, 3.8) is 0 Å². The van der Waals surface area contributed by atoms with Gasteiger partial charge in [-0.2, -0.15) is 0 Å². The van der Waals surface area contributed by atoms with Crippen molar-refractivity contribution < 1.29 is 24.5 Å². The molecule has 0 aromatic heterocycles. The summed E-state index contributed by atoms with van der Waals surface area (Å²) in [6.07, 6.45) is -1.95. The van der Waals surface area contributed by atoms with E-state index in [1.54, 1.807) is 0 Å². The van der Waals surface area contributed by atoms with Gasteiger partial charge >= 0.3 is 5.97 Å². The average Bonchev–Trinajstić information content (AvgIpc) is 2.04. The number of aliphatic hydroxyl groups is 1. The van der Waals surface area contributed by atoms with Gasteiger partial charge in [-0.1, -0.05) is 0 Å². The van der Waals surface area contributed by atoms with Crippen LogP contribution >= 0.6 is 0 Å². The fraction of sp³-hybridized carbons (Fsp3) is 0.857. The number of rotatable bonds is 2. The summed E-state index contributed by atoms with van der Waals surface area (Å²) in [6, 6.07) is 0. The second-order valence-electron chi connectivity index (χ2n) is 2.74. The summed E-state index contributed by atoms with van der Waals surface area (Å²) in [5.41, 5.74) is 0. The van der Waals surface area contributed by atoms with Crippen LogP contribution in [0, 0.1) is 0 Å². The second kappa shape index (κ2) is 3.84. The van der Waals surface area contributed by atoms with Crippen molar-refractivity contribution >= 4 is 5.97 Å². The van der Waals surface area contributed by atoms with Crippen molar-refractivity contribution in [2.45, 2.75) is 24.7 Å². The Morgan fingerprint density at radius 1 is 1.67 bits per heavy atom. The first kappa shape index (κ1) is 9.44. The van der Waals surface area contributed by atoms with E-state index in [-0.39, 0.29) is 13.0 Å². The van der Waals surface area contributed by atoms with Gasteiger partial charge in [-0.05, 0) is 0 Å². The molecule has 3 atom stereocenters. The third kappa shape index (κ3) is 1.94. The summed E-state index contributed by atoms with van der Waals surface area (Å²) < 4.78 is 9.79. The SMILES string of the molecule is COC1COC(C(=O)O)C[C@H]1O. The molecular formula is C7H12O5. The predicted octanol–water partition coefficient (Wildman–Crippen LogP) is -0.764. The van der Waals surface area contributed by atoms with Gasteiger partial charge in [-0.25, -0.2) is 4.79 Å². The molecule has 0 aliphatic carbocycles. The van der Waals surface area contributed by atoms with Crippen LogP contribution in [0.15, 0.2) is 0 Å². The van der Waals surface area contributed by atoms with Crippen LogP contribution in [0.4, 0.5) is 0 Å². The number of hydrogen-bond donors (Lipinski definition) is 2. The Labute approximate surface area is 69.9 Å². The Balaban J connectivity index is 2.46. The molecular weight excluding hydrogens is 164 g/mol. The average molecular weight is 176 g/mol. The first-order valence-electron chi connectivity index (χ1n) is 3.70. The minimum atomic E-state index is -1.04. The molecule has 1 rings (SSSR count). The molecule has 5 nitrogen and oxygen atoms in total. The molecule has 1 heterocycles. The highest BCUT2D eigenvalue weighted by molar-refractivity contribution is 5.72. The van der Waals surface area contributed by atoms with Gasteiger partial charge < -0.3 is 19.7 Å². The third-order valence-electron chi connectivity index (χ3n) is 1.92. The van der Waals surface area contributed by atoms with Crippen molar-refractivity contribution in [3.05, 3.63) is 0 Å². The number of methoxy groups -OCH3 is 1. The van der Waals surface area contributed by atoms with Crippen molar-refractivity contribution in [3.8, 4) is 0 Å². The number of hydrogen-bond acceptors (Lipinski definition) is 4. The summed E-state index contributed by atoms with van der Waals surface area (Å²) in [4.78, 5) is 10.4. The summed E-state index contributed by atoms with van der Waals surface area (Å²) in [6.45, 7) is 0.134. The molecule has 0 amide bonds. The number of aliphatic carboxylic acids is 1. The van der Waals surface area contributed by atoms with Crippen LogP contribution in [0.2, 0.25) is 0 Å².